The lowest BCUT2D eigenvalue weighted by atomic mass is 9.96. The van der Waals surface area contributed by atoms with Crippen molar-refractivity contribution in [1.29, 1.82) is 0 Å². The number of carbonyl (C=O) groups excluding carboxylic acids is 1. The quantitative estimate of drug-likeness (QED) is 0.829. The number of urea groups is 1. The second kappa shape index (κ2) is 8.90. The Bertz CT molecular complexity index is 709. The summed E-state index contributed by atoms with van der Waals surface area (Å²) in [5.74, 6) is 1.07. The minimum Gasteiger partial charge on any atom is -0.488 e. The van der Waals surface area contributed by atoms with Gasteiger partial charge in [0.25, 0.3) is 0 Å². The molecule has 3 rings (SSSR count). The van der Waals surface area contributed by atoms with E-state index in [1.807, 2.05) is 41.3 Å². The molecule has 6 heteroatoms. The maximum Gasteiger partial charge on any atom is 0.317 e. The monoisotopic (exact) mass is 373 g/mol. The van der Waals surface area contributed by atoms with Crippen LogP contribution in [-0.2, 0) is 0 Å². The second-order valence-corrected chi connectivity index (χ2v) is 6.94. The lowest BCUT2D eigenvalue weighted by molar-refractivity contribution is 0.186. The normalized spacial score (nSPS) is 17.8. The summed E-state index contributed by atoms with van der Waals surface area (Å²) in [5, 5.41) is 3.79. The minimum atomic E-state index is -0.0294. The zero-order valence-electron chi connectivity index (χ0n) is 14.9. The minimum absolute atomic E-state index is 0.0291. The Labute approximate surface area is 159 Å². The van der Waals surface area contributed by atoms with Crippen LogP contribution in [0.25, 0.3) is 0 Å². The van der Waals surface area contributed by atoms with E-state index in [9.17, 15) is 4.79 Å². The Hall–Kier alpha value is -2.27. The average molecular weight is 374 g/mol. The number of hydrogen-bond donors (Lipinski definition) is 1. The zero-order chi connectivity index (χ0) is 18.4. The van der Waals surface area contributed by atoms with Crippen molar-refractivity contribution in [2.75, 3.05) is 19.6 Å². The fourth-order valence-electron chi connectivity index (χ4n) is 3.17. The molecule has 0 spiro atoms. The number of likely N-dealkylation sites (tertiary alicyclic amines) is 1. The standard InChI is InChI=1S/C20H24ClN3O2/c1-2-15(16-3-5-17(21)6-4-16)13-23-20(25)24-12-9-19(14-24)26-18-7-10-22-11-8-18/h3-8,10-11,15,19H,2,9,12-14H2,1H3,(H,23,25). The van der Waals surface area contributed by atoms with Gasteiger partial charge >= 0.3 is 6.03 Å². The van der Waals surface area contributed by atoms with Crippen molar-refractivity contribution in [3.8, 4) is 5.75 Å². The molecule has 1 aromatic carbocycles. The van der Waals surface area contributed by atoms with Crippen molar-refractivity contribution in [3.05, 3.63) is 59.4 Å². The topological polar surface area (TPSA) is 54.5 Å². The van der Waals surface area contributed by atoms with Crippen LogP contribution >= 0.6 is 11.6 Å². The first-order chi connectivity index (χ1) is 12.7. The number of aromatic nitrogens is 1. The molecule has 5 nitrogen and oxygen atoms in total. The van der Waals surface area contributed by atoms with Gasteiger partial charge in [-0.15, -0.1) is 0 Å². The first-order valence-corrected chi connectivity index (χ1v) is 9.38. The molecule has 1 aromatic heterocycles. The summed E-state index contributed by atoms with van der Waals surface area (Å²) in [6.07, 6.45) is 5.23. The fourth-order valence-corrected chi connectivity index (χ4v) is 3.30. The summed E-state index contributed by atoms with van der Waals surface area (Å²) >= 11 is 5.95. The third kappa shape index (κ3) is 4.88. The van der Waals surface area contributed by atoms with Crippen molar-refractivity contribution >= 4 is 17.6 Å². The first kappa shape index (κ1) is 18.5. The van der Waals surface area contributed by atoms with E-state index < -0.39 is 0 Å². The Kier molecular flexibility index (Phi) is 6.34. The molecule has 1 aliphatic heterocycles. The molecule has 2 amide bonds. The number of rotatable bonds is 6. The van der Waals surface area contributed by atoms with Gasteiger partial charge in [0.05, 0.1) is 6.54 Å². The Morgan fingerprint density at radius 1 is 1.31 bits per heavy atom. The average Bonchev–Trinajstić information content (AvgIpc) is 3.13. The van der Waals surface area contributed by atoms with Crippen molar-refractivity contribution < 1.29 is 9.53 Å². The summed E-state index contributed by atoms with van der Waals surface area (Å²) in [4.78, 5) is 18.3. The van der Waals surface area contributed by atoms with E-state index in [1.54, 1.807) is 12.4 Å². The molecule has 1 saturated heterocycles. The Morgan fingerprint density at radius 2 is 2.04 bits per heavy atom. The largest absolute Gasteiger partial charge is 0.488 e. The summed E-state index contributed by atoms with van der Waals surface area (Å²) in [7, 11) is 0. The van der Waals surface area contributed by atoms with E-state index in [2.05, 4.69) is 17.2 Å². The molecule has 0 radical (unpaired) electrons. The molecule has 1 fully saturated rings. The molecule has 138 valence electrons. The molecule has 0 aliphatic carbocycles. The number of halogens is 1. The molecule has 1 aliphatic rings. The van der Waals surface area contributed by atoms with Gasteiger partial charge in [-0.3, -0.25) is 4.98 Å². The maximum atomic E-state index is 12.5. The molecular formula is C20H24ClN3O2. The Morgan fingerprint density at radius 3 is 2.73 bits per heavy atom. The van der Waals surface area contributed by atoms with E-state index in [4.69, 9.17) is 16.3 Å². The van der Waals surface area contributed by atoms with Crippen LogP contribution in [-0.4, -0.2) is 41.7 Å². The van der Waals surface area contributed by atoms with Crippen LogP contribution < -0.4 is 10.1 Å². The van der Waals surface area contributed by atoms with Crippen LogP contribution in [0.3, 0.4) is 0 Å². The number of nitrogens with zero attached hydrogens (tertiary/aromatic N) is 2. The van der Waals surface area contributed by atoms with Crippen LogP contribution in [0, 0.1) is 0 Å². The number of ether oxygens (including phenoxy) is 1. The smallest absolute Gasteiger partial charge is 0.317 e. The summed E-state index contributed by atoms with van der Waals surface area (Å²) in [6.45, 7) is 4.05. The summed E-state index contributed by atoms with van der Waals surface area (Å²) < 4.78 is 5.91. The molecule has 0 bridgehead atoms. The number of hydrogen-bond acceptors (Lipinski definition) is 3. The first-order valence-electron chi connectivity index (χ1n) is 9.00. The number of benzene rings is 1. The van der Waals surface area contributed by atoms with E-state index >= 15 is 0 Å². The highest BCUT2D eigenvalue weighted by molar-refractivity contribution is 6.30. The van der Waals surface area contributed by atoms with E-state index in [1.165, 1.54) is 5.56 Å². The molecule has 2 atom stereocenters. The second-order valence-electron chi connectivity index (χ2n) is 6.50. The van der Waals surface area contributed by atoms with Gasteiger partial charge in [-0.1, -0.05) is 30.7 Å². The zero-order valence-corrected chi connectivity index (χ0v) is 15.7. The highest BCUT2D eigenvalue weighted by Gasteiger charge is 2.27. The Balaban J connectivity index is 1.48. The van der Waals surface area contributed by atoms with Crippen LogP contribution in [0.1, 0.15) is 31.2 Å². The molecule has 2 aromatic rings. The molecule has 0 saturated carbocycles. The predicted octanol–water partition coefficient (Wildman–Crippen LogP) is 4.09. The van der Waals surface area contributed by atoms with Gasteiger partial charge < -0.3 is 15.0 Å². The summed E-state index contributed by atoms with van der Waals surface area (Å²) in [6, 6.07) is 11.5. The highest BCUT2D eigenvalue weighted by atomic mass is 35.5. The lowest BCUT2D eigenvalue weighted by Gasteiger charge is -2.21. The van der Waals surface area contributed by atoms with E-state index in [0.717, 1.165) is 23.6 Å². The lowest BCUT2D eigenvalue weighted by Crippen LogP contribution is -2.41. The van der Waals surface area contributed by atoms with Crippen molar-refractivity contribution in [2.45, 2.75) is 31.8 Å². The number of carbonyl (C=O) groups is 1. The van der Waals surface area contributed by atoms with E-state index in [-0.39, 0.29) is 18.1 Å². The van der Waals surface area contributed by atoms with Gasteiger partial charge in [0.15, 0.2) is 0 Å². The molecule has 26 heavy (non-hydrogen) atoms. The number of amides is 2. The third-order valence-electron chi connectivity index (χ3n) is 4.72. The highest BCUT2D eigenvalue weighted by Crippen LogP contribution is 2.21. The van der Waals surface area contributed by atoms with Crippen LogP contribution in [0.4, 0.5) is 4.79 Å². The molecule has 2 heterocycles. The third-order valence-corrected chi connectivity index (χ3v) is 4.97. The van der Waals surface area contributed by atoms with Gasteiger partial charge in [-0.05, 0) is 36.2 Å². The number of nitrogens with one attached hydrogen (secondary N) is 1. The van der Waals surface area contributed by atoms with Gasteiger partial charge in [-0.2, -0.15) is 0 Å². The van der Waals surface area contributed by atoms with E-state index in [0.29, 0.717) is 19.6 Å². The fraction of sp³-hybridized carbons (Fsp3) is 0.400. The van der Waals surface area contributed by atoms with Gasteiger partial charge in [0.1, 0.15) is 11.9 Å². The van der Waals surface area contributed by atoms with Crippen molar-refractivity contribution in [2.24, 2.45) is 0 Å². The van der Waals surface area contributed by atoms with Gasteiger partial charge in [0.2, 0.25) is 0 Å². The van der Waals surface area contributed by atoms with Crippen LogP contribution in [0.2, 0.25) is 5.02 Å². The molecule has 2 unspecified atom stereocenters. The predicted molar refractivity (Wildman–Crippen MR) is 103 cm³/mol. The van der Waals surface area contributed by atoms with Gasteiger partial charge in [0, 0.05) is 42.8 Å². The van der Waals surface area contributed by atoms with Crippen molar-refractivity contribution in [1.82, 2.24) is 15.2 Å². The number of pyridine rings is 1. The SMILES string of the molecule is CCC(CNC(=O)N1CCC(Oc2ccncc2)C1)c1ccc(Cl)cc1. The molecule has 1 N–H and O–H groups in total. The van der Waals surface area contributed by atoms with Gasteiger partial charge in [-0.25, -0.2) is 4.79 Å². The molecular weight excluding hydrogens is 350 g/mol. The van der Waals surface area contributed by atoms with Crippen LogP contribution in [0.5, 0.6) is 5.75 Å². The summed E-state index contributed by atoms with van der Waals surface area (Å²) in [5.41, 5.74) is 1.19. The maximum absolute atomic E-state index is 12.5. The van der Waals surface area contributed by atoms with Crippen molar-refractivity contribution in [3.63, 3.8) is 0 Å². The van der Waals surface area contributed by atoms with Crippen LogP contribution in [0.15, 0.2) is 48.8 Å².